The molecule has 1 atom stereocenters. The molecule has 22 heavy (non-hydrogen) atoms. The van der Waals surface area contributed by atoms with E-state index in [4.69, 9.17) is 9.84 Å². The Kier molecular flexibility index (Phi) is 4.79. The first-order valence-corrected chi connectivity index (χ1v) is 7.16. The Morgan fingerprint density at radius 3 is 2.82 bits per heavy atom. The van der Waals surface area contributed by atoms with Gasteiger partial charge in [0.25, 0.3) is 5.91 Å². The van der Waals surface area contributed by atoms with E-state index in [0.29, 0.717) is 26.0 Å². The molecule has 0 aromatic carbocycles. The first-order chi connectivity index (χ1) is 10.4. The van der Waals surface area contributed by atoms with Gasteiger partial charge in [0.05, 0.1) is 12.5 Å². The van der Waals surface area contributed by atoms with Gasteiger partial charge < -0.3 is 14.7 Å². The number of nitrogens with zero attached hydrogens (tertiary/aromatic N) is 3. The van der Waals surface area contributed by atoms with Crippen LogP contribution in [-0.2, 0) is 16.6 Å². The highest BCUT2D eigenvalue weighted by Crippen LogP contribution is 2.20. The van der Waals surface area contributed by atoms with Crippen LogP contribution in [0.5, 0.6) is 0 Å². The summed E-state index contributed by atoms with van der Waals surface area (Å²) in [6.07, 6.45) is 2.63. The second kappa shape index (κ2) is 6.59. The highest BCUT2D eigenvalue weighted by Gasteiger charge is 2.32. The number of aromatic carboxylic acids is 1. The van der Waals surface area contributed by atoms with Gasteiger partial charge >= 0.3 is 11.9 Å². The molecule has 1 aromatic heterocycles. The normalized spacial score (nSPS) is 18.1. The zero-order chi connectivity index (χ0) is 16.3. The molecule has 0 saturated carbocycles. The molecule has 120 valence electrons. The molecule has 1 saturated heterocycles. The molecule has 2 heterocycles. The molecule has 1 aromatic rings. The molecule has 0 unspecified atom stereocenters. The van der Waals surface area contributed by atoms with Gasteiger partial charge in [-0.25, -0.2) is 4.79 Å². The van der Waals surface area contributed by atoms with Gasteiger partial charge in [0.2, 0.25) is 0 Å². The number of likely N-dealkylation sites (tertiary alicyclic amines) is 1. The van der Waals surface area contributed by atoms with E-state index in [1.54, 1.807) is 14.0 Å². The standard InChI is InChI=1S/C14H19N3O5/c1-3-22-14(21)9-5-4-6-17(7-9)12(18)11-10(13(19)20)8-16(2)15-11/h8-9H,3-7H2,1-2H3,(H,19,20)/t9-/m1/s1. The van der Waals surface area contributed by atoms with Crippen molar-refractivity contribution in [1.82, 2.24) is 14.7 Å². The smallest absolute Gasteiger partial charge is 0.339 e. The van der Waals surface area contributed by atoms with Crippen molar-refractivity contribution in [2.24, 2.45) is 13.0 Å². The number of hydrogen-bond acceptors (Lipinski definition) is 5. The summed E-state index contributed by atoms with van der Waals surface area (Å²) in [6.45, 7) is 2.74. The quantitative estimate of drug-likeness (QED) is 0.814. The maximum absolute atomic E-state index is 12.5. The Balaban J connectivity index is 2.15. The van der Waals surface area contributed by atoms with Gasteiger partial charge in [-0.3, -0.25) is 14.3 Å². The van der Waals surface area contributed by atoms with Crippen LogP contribution in [0.2, 0.25) is 0 Å². The number of carboxylic acid groups (broad SMARTS) is 1. The Morgan fingerprint density at radius 1 is 1.45 bits per heavy atom. The van der Waals surface area contributed by atoms with Crippen LogP contribution in [0.3, 0.4) is 0 Å². The summed E-state index contributed by atoms with van der Waals surface area (Å²) < 4.78 is 6.29. The molecule has 2 rings (SSSR count). The number of piperidine rings is 1. The van der Waals surface area contributed by atoms with Crippen molar-refractivity contribution in [3.05, 3.63) is 17.5 Å². The van der Waals surface area contributed by atoms with Gasteiger partial charge in [0.1, 0.15) is 5.56 Å². The molecule has 8 heteroatoms. The number of hydrogen-bond donors (Lipinski definition) is 1. The molecular weight excluding hydrogens is 290 g/mol. The summed E-state index contributed by atoms with van der Waals surface area (Å²) in [7, 11) is 1.56. The third kappa shape index (κ3) is 3.26. The maximum atomic E-state index is 12.5. The summed E-state index contributed by atoms with van der Waals surface area (Å²) >= 11 is 0. The predicted molar refractivity (Wildman–Crippen MR) is 75.4 cm³/mol. The number of carbonyl (C=O) groups is 3. The molecule has 8 nitrogen and oxygen atoms in total. The topological polar surface area (TPSA) is 102 Å². The molecule has 0 aliphatic carbocycles. The van der Waals surface area contributed by atoms with Crippen molar-refractivity contribution in [2.45, 2.75) is 19.8 Å². The van der Waals surface area contributed by atoms with E-state index < -0.39 is 11.9 Å². The molecule has 1 fully saturated rings. The van der Waals surface area contributed by atoms with Gasteiger partial charge in [0, 0.05) is 26.3 Å². The van der Waals surface area contributed by atoms with E-state index in [-0.39, 0.29) is 29.7 Å². The van der Waals surface area contributed by atoms with Gasteiger partial charge in [-0.05, 0) is 19.8 Å². The number of ether oxygens (including phenoxy) is 1. The fraction of sp³-hybridized carbons (Fsp3) is 0.571. The summed E-state index contributed by atoms with van der Waals surface area (Å²) in [6, 6.07) is 0. The summed E-state index contributed by atoms with van der Waals surface area (Å²) in [5.74, 6) is -2.35. The van der Waals surface area contributed by atoms with Gasteiger partial charge in [-0.1, -0.05) is 0 Å². The van der Waals surface area contributed by atoms with Crippen LogP contribution in [-0.4, -0.2) is 57.3 Å². The molecule has 1 amide bonds. The van der Waals surface area contributed by atoms with Crippen LogP contribution in [0.25, 0.3) is 0 Å². The molecule has 1 N–H and O–H groups in total. The lowest BCUT2D eigenvalue weighted by Gasteiger charge is -2.31. The summed E-state index contributed by atoms with van der Waals surface area (Å²) in [4.78, 5) is 37.0. The van der Waals surface area contributed by atoms with Crippen molar-refractivity contribution < 1.29 is 24.2 Å². The minimum atomic E-state index is -1.20. The third-order valence-corrected chi connectivity index (χ3v) is 3.59. The third-order valence-electron chi connectivity index (χ3n) is 3.59. The fourth-order valence-electron chi connectivity index (χ4n) is 2.57. The Labute approximate surface area is 127 Å². The lowest BCUT2D eigenvalue weighted by atomic mass is 9.97. The summed E-state index contributed by atoms with van der Waals surface area (Å²) in [5, 5.41) is 13.1. The first kappa shape index (κ1) is 16.0. The molecule has 1 aliphatic rings. The van der Waals surface area contributed by atoms with Crippen LogP contribution in [0.4, 0.5) is 0 Å². The zero-order valence-corrected chi connectivity index (χ0v) is 12.6. The molecular formula is C14H19N3O5. The first-order valence-electron chi connectivity index (χ1n) is 7.16. The Bertz CT molecular complexity index is 595. The fourth-order valence-corrected chi connectivity index (χ4v) is 2.57. The summed E-state index contributed by atoms with van der Waals surface area (Å²) in [5.41, 5.74) is -0.231. The van der Waals surface area contributed by atoms with Gasteiger partial charge in [-0.2, -0.15) is 5.10 Å². The highest BCUT2D eigenvalue weighted by atomic mass is 16.5. The maximum Gasteiger partial charge on any atom is 0.339 e. The van der Waals surface area contributed by atoms with Crippen LogP contribution < -0.4 is 0 Å². The number of rotatable bonds is 4. The number of carbonyl (C=O) groups excluding carboxylic acids is 2. The number of aromatic nitrogens is 2. The van der Waals surface area contributed by atoms with Gasteiger partial charge in [-0.15, -0.1) is 0 Å². The van der Waals surface area contributed by atoms with E-state index in [2.05, 4.69) is 5.10 Å². The van der Waals surface area contributed by atoms with Crippen LogP contribution in [0.1, 0.15) is 40.6 Å². The van der Waals surface area contributed by atoms with E-state index in [0.717, 1.165) is 0 Å². The number of amides is 1. The minimum Gasteiger partial charge on any atom is -0.478 e. The van der Waals surface area contributed by atoms with E-state index >= 15 is 0 Å². The Morgan fingerprint density at radius 2 is 2.18 bits per heavy atom. The SMILES string of the molecule is CCOC(=O)[C@@H]1CCCN(C(=O)c2nn(C)cc2C(=O)O)C1. The van der Waals surface area contributed by atoms with Crippen molar-refractivity contribution >= 4 is 17.8 Å². The second-order valence-electron chi connectivity index (χ2n) is 5.21. The number of esters is 1. The predicted octanol–water partition coefficient (Wildman–Crippen LogP) is 0.534. The second-order valence-corrected chi connectivity index (χ2v) is 5.21. The van der Waals surface area contributed by atoms with E-state index in [9.17, 15) is 14.4 Å². The monoisotopic (exact) mass is 309 g/mol. The van der Waals surface area contributed by atoms with Crippen molar-refractivity contribution in [3.63, 3.8) is 0 Å². The van der Waals surface area contributed by atoms with Crippen LogP contribution >= 0.6 is 0 Å². The molecule has 1 aliphatic heterocycles. The van der Waals surface area contributed by atoms with Crippen molar-refractivity contribution in [3.8, 4) is 0 Å². The molecule has 0 spiro atoms. The van der Waals surface area contributed by atoms with Crippen LogP contribution in [0, 0.1) is 5.92 Å². The van der Waals surface area contributed by atoms with E-state index in [1.165, 1.54) is 15.8 Å². The lowest BCUT2D eigenvalue weighted by molar-refractivity contribution is -0.149. The minimum absolute atomic E-state index is 0.0977. The Hall–Kier alpha value is -2.38. The average molecular weight is 309 g/mol. The number of carboxylic acids is 1. The molecule has 0 radical (unpaired) electrons. The zero-order valence-electron chi connectivity index (χ0n) is 12.6. The van der Waals surface area contributed by atoms with Crippen LogP contribution in [0.15, 0.2) is 6.20 Å². The largest absolute Gasteiger partial charge is 0.478 e. The van der Waals surface area contributed by atoms with Gasteiger partial charge in [0.15, 0.2) is 5.69 Å². The van der Waals surface area contributed by atoms with Crippen molar-refractivity contribution in [2.75, 3.05) is 19.7 Å². The molecule has 0 bridgehead atoms. The average Bonchev–Trinajstić information content (AvgIpc) is 2.89. The lowest BCUT2D eigenvalue weighted by Crippen LogP contribution is -2.43. The van der Waals surface area contributed by atoms with E-state index in [1.807, 2.05) is 0 Å². The number of aryl methyl sites for hydroxylation is 1. The highest BCUT2D eigenvalue weighted by molar-refractivity contribution is 6.03. The van der Waals surface area contributed by atoms with Crippen molar-refractivity contribution in [1.29, 1.82) is 0 Å².